The molecule has 0 aromatic carbocycles. The lowest BCUT2D eigenvalue weighted by Crippen LogP contribution is -2.03. The van der Waals surface area contributed by atoms with Crippen molar-refractivity contribution in [3.05, 3.63) is 6.42 Å². The molecule has 0 aromatic heterocycles. The van der Waals surface area contributed by atoms with Crippen LogP contribution >= 0.6 is 0 Å². The fourth-order valence-electron chi connectivity index (χ4n) is 0.958. The number of isocyanates is 1. The second kappa shape index (κ2) is 7.49. The SMILES string of the molecule is CCC[CH]C(CCC)N=C=O. The van der Waals surface area contributed by atoms with Crippen molar-refractivity contribution in [1.82, 2.24) is 0 Å². The van der Waals surface area contributed by atoms with Crippen molar-refractivity contribution in [2.45, 2.75) is 45.6 Å². The fraction of sp³-hybridized carbons (Fsp3) is 0.778. The number of hydrogen-bond acceptors (Lipinski definition) is 2. The Labute approximate surface area is 68.7 Å². The van der Waals surface area contributed by atoms with E-state index < -0.39 is 0 Å². The highest BCUT2D eigenvalue weighted by molar-refractivity contribution is 5.34. The Bertz CT molecular complexity index is 128. The molecule has 11 heavy (non-hydrogen) atoms. The minimum atomic E-state index is 0.109. The fourth-order valence-corrected chi connectivity index (χ4v) is 0.958. The lowest BCUT2D eigenvalue weighted by atomic mass is 10.1. The van der Waals surface area contributed by atoms with Gasteiger partial charge in [-0.05, 0) is 19.3 Å². The molecule has 0 aliphatic heterocycles. The molecule has 0 spiro atoms. The summed E-state index contributed by atoms with van der Waals surface area (Å²) in [6.45, 7) is 4.21. The number of hydrogen-bond donors (Lipinski definition) is 0. The molecule has 1 unspecified atom stereocenters. The van der Waals surface area contributed by atoms with Crippen molar-refractivity contribution >= 4 is 6.08 Å². The second-order valence-electron chi connectivity index (χ2n) is 2.60. The normalized spacial score (nSPS) is 12.2. The third kappa shape index (κ3) is 5.81. The van der Waals surface area contributed by atoms with Crippen molar-refractivity contribution in [3.63, 3.8) is 0 Å². The van der Waals surface area contributed by atoms with Crippen LogP contribution in [0.2, 0.25) is 0 Å². The first-order chi connectivity index (χ1) is 5.35. The van der Waals surface area contributed by atoms with Crippen molar-refractivity contribution in [2.75, 3.05) is 0 Å². The Kier molecular flexibility index (Phi) is 7.06. The first-order valence-corrected chi connectivity index (χ1v) is 4.25. The summed E-state index contributed by atoms with van der Waals surface area (Å²) < 4.78 is 0. The zero-order valence-corrected chi connectivity index (χ0v) is 7.34. The summed E-state index contributed by atoms with van der Waals surface area (Å²) >= 11 is 0. The van der Waals surface area contributed by atoms with Gasteiger partial charge in [0.15, 0.2) is 0 Å². The van der Waals surface area contributed by atoms with Crippen LogP contribution in [0.3, 0.4) is 0 Å². The van der Waals surface area contributed by atoms with Crippen LogP contribution in [0.25, 0.3) is 0 Å². The third-order valence-corrected chi connectivity index (χ3v) is 1.53. The van der Waals surface area contributed by atoms with Crippen molar-refractivity contribution in [3.8, 4) is 0 Å². The van der Waals surface area contributed by atoms with Crippen molar-refractivity contribution < 1.29 is 4.79 Å². The van der Waals surface area contributed by atoms with Gasteiger partial charge >= 0.3 is 0 Å². The Balaban J connectivity index is 3.59. The molecule has 0 fully saturated rings. The summed E-state index contributed by atoms with van der Waals surface area (Å²) in [6.07, 6.45) is 7.89. The summed E-state index contributed by atoms with van der Waals surface area (Å²) in [5, 5.41) is 0. The van der Waals surface area contributed by atoms with Gasteiger partial charge in [0.25, 0.3) is 0 Å². The van der Waals surface area contributed by atoms with E-state index in [1.54, 1.807) is 6.08 Å². The average Bonchev–Trinajstić information content (AvgIpc) is 2.01. The zero-order valence-electron chi connectivity index (χ0n) is 7.34. The molecule has 0 aliphatic rings. The molecule has 0 amide bonds. The van der Waals surface area contributed by atoms with E-state index in [0.29, 0.717) is 0 Å². The maximum absolute atomic E-state index is 9.94. The van der Waals surface area contributed by atoms with Gasteiger partial charge in [-0.3, -0.25) is 0 Å². The second-order valence-corrected chi connectivity index (χ2v) is 2.60. The predicted octanol–water partition coefficient (Wildman–Crippen LogP) is 2.50. The molecule has 2 nitrogen and oxygen atoms in total. The number of nitrogens with zero attached hydrogens (tertiary/aromatic N) is 1. The van der Waals surface area contributed by atoms with Crippen molar-refractivity contribution in [1.29, 1.82) is 0 Å². The van der Waals surface area contributed by atoms with Gasteiger partial charge in [-0.2, -0.15) is 0 Å². The Morgan fingerprint density at radius 3 is 2.64 bits per heavy atom. The lowest BCUT2D eigenvalue weighted by Gasteiger charge is -2.06. The van der Waals surface area contributed by atoms with Gasteiger partial charge in [-0.15, -0.1) is 0 Å². The molecule has 2 heteroatoms. The Morgan fingerprint density at radius 2 is 2.18 bits per heavy atom. The van der Waals surface area contributed by atoms with Gasteiger partial charge in [0, 0.05) is 0 Å². The minimum Gasteiger partial charge on any atom is -0.211 e. The molecule has 1 atom stereocenters. The largest absolute Gasteiger partial charge is 0.235 e. The molecule has 63 valence electrons. The number of aliphatic imine (C=N–C) groups is 1. The van der Waals surface area contributed by atoms with Gasteiger partial charge in [0.05, 0.1) is 6.04 Å². The number of unbranched alkanes of at least 4 members (excludes halogenated alkanes) is 1. The van der Waals surface area contributed by atoms with E-state index in [0.717, 1.165) is 25.7 Å². The highest BCUT2D eigenvalue weighted by Gasteiger charge is 2.03. The quantitative estimate of drug-likeness (QED) is 0.427. The molecule has 0 aromatic rings. The summed E-state index contributed by atoms with van der Waals surface area (Å²) in [7, 11) is 0. The minimum absolute atomic E-state index is 0.109. The van der Waals surface area contributed by atoms with Crippen molar-refractivity contribution in [2.24, 2.45) is 4.99 Å². The van der Waals surface area contributed by atoms with Gasteiger partial charge in [0.2, 0.25) is 6.08 Å². The smallest absolute Gasteiger partial charge is 0.211 e. The number of rotatable bonds is 6. The van der Waals surface area contributed by atoms with Crippen LogP contribution in [0.15, 0.2) is 4.99 Å². The van der Waals surface area contributed by atoms with Gasteiger partial charge in [0.1, 0.15) is 0 Å². The van der Waals surface area contributed by atoms with Crippen LogP contribution in [0.1, 0.15) is 39.5 Å². The summed E-state index contributed by atoms with van der Waals surface area (Å²) in [5.74, 6) is 0. The molecule has 1 radical (unpaired) electrons. The molecule has 0 rings (SSSR count). The molecule has 0 N–H and O–H groups in total. The zero-order chi connectivity index (χ0) is 8.53. The van der Waals surface area contributed by atoms with Crippen LogP contribution in [-0.4, -0.2) is 12.1 Å². The monoisotopic (exact) mass is 154 g/mol. The highest BCUT2D eigenvalue weighted by Crippen LogP contribution is 2.08. The van der Waals surface area contributed by atoms with E-state index in [9.17, 15) is 4.79 Å². The van der Waals surface area contributed by atoms with Crippen LogP contribution in [0.4, 0.5) is 0 Å². The van der Waals surface area contributed by atoms with Gasteiger partial charge in [-0.1, -0.05) is 26.7 Å². The summed E-state index contributed by atoms with van der Waals surface area (Å²) in [5.41, 5.74) is 0. The molecule has 0 aliphatic carbocycles. The maximum Gasteiger partial charge on any atom is 0.235 e. The molecular weight excluding hydrogens is 138 g/mol. The van der Waals surface area contributed by atoms with Crippen LogP contribution in [0.5, 0.6) is 0 Å². The van der Waals surface area contributed by atoms with Crippen LogP contribution in [0, 0.1) is 6.42 Å². The molecule has 0 saturated heterocycles. The van der Waals surface area contributed by atoms with Crippen LogP contribution in [-0.2, 0) is 4.79 Å². The first kappa shape index (κ1) is 10.4. The van der Waals surface area contributed by atoms with E-state index in [-0.39, 0.29) is 6.04 Å². The van der Waals surface area contributed by atoms with E-state index in [1.807, 2.05) is 0 Å². The highest BCUT2D eigenvalue weighted by atomic mass is 16.1. The predicted molar refractivity (Wildman–Crippen MR) is 46.0 cm³/mol. The molecule has 0 heterocycles. The van der Waals surface area contributed by atoms with E-state index in [2.05, 4.69) is 25.3 Å². The standard InChI is InChI=1S/C9H16NO/c1-3-5-7-9(6-4-2)10-8-11/h7,9H,3-6H2,1-2H3. The van der Waals surface area contributed by atoms with Crippen LogP contribution < -0.4 is 0 Å². The van der Waals surface area contributed by atoms with E-state index in [4.69, 9.17) is 0 Å². The molecule has 0 saturated carbocycles. The molecular formula is C9H16NO. The Hall–Kier alpha value is -0.620. The number of carbonyl (C=O) groups excluding carboxylic acids is 1. The Morgan fingerprint density at radius 1 is 1.45 bits per heavy atom. The lowest BCUT2D eigenvalue weighted by molar-refractivity contribution is 0.553. The third-order valence-electron chi connectivity index (χ3n) is 1.53. The first-order valence-electron chi connectivity index (χ1n) is 4.25. The maximum atomic E-state index is 9.94. The van der Waals surface area contributed by atoms with E-state index in [1.165, 1.54) is 0 Å². The van der Waals surface area contributed by atoms with Gasteiger partial charge in [-0.25, -0.2) is 9.79 Å². The van der Waals surface area contributed by atoms with Gasteiger partial charge < -0.3 is 0 Å². The molecule has 0 bridgehead atoms. The summed E-state index contributed by atoms with van der Waals surface area (Å²) in [6, 6.07) is 0.109. The van der Waals surface area contributed by atoms with E-state index >= 15 is 0 Å². The average molecular weight is 154 g/mol. The topological polar surface area (TPSA) is 29.4 Å². The summed E-state index contributed by atoms with van der Waals surface area (Å²) in [4.78, 5) is 13.6.